The molecule has 18 heavy (non-hydrogen) atoms. The van der Waals surface area contributed by atoms with Crippen molar-refractivity contribution in [3.05, 3.63) is 41.0 Å². The Hall–Kier alpha value is -1.88. The molecular formula is C13H18N4O. The molecule has 2 aromatic heterocycles. The quantitative estimate of drug-likeness (QED) is 0.885. The number of nitrogens with zero attached hydrogens (tertiary/aromatic N) is 3. The highest BCUT2D eigenvalue weighted by Crippen LogP contribution is 2.24. The van der Waals surface area contributed by atoms with Crippen molar-refractivity contribution < 1.29 is 4.74 Å². The molecule has 0 aliphatic carbocycles. The van der Waals surface area contributed by atoms with E-state index >= 15 is 0 Å². The van der Waals surface area contributed by atoms with E-state index in [9.17, 15) is 0 Å². The van der Waals surface area contributed by atoms with Gasteiger partial charge in [-0.15, -0.1) is 0 Å². The number of hydrogen-bond acceptors (Lipinski definition) is 4. The third kappa shape index (κ3) is 2.22. The van der Waals surface area contributed by atoms with Crippen molar-refractivity contribution in [1.82, 2.24) is 14.8 Å². The van der Waals surface area contributed by atoms with E-state index in [-0.39, 0.29) is 0 Å². The number of rotatable bonds is 4. The summed E-state index contributed by atoms with van der Waals surface area (Å²) in [4.78, 5) is 4.46. The predicted octanol–water partition coefficient (Wildman–Crippen LogP) is 1.41. The monoisotopic (exact) mass is 246 g/mol. The van der Waals surface area contributed by atoms with Crippen LogP contribution in [-0.2, 0) is 13.1 Å². The molecule has 96 valence electrons. The highest BCUT2D eigenvalue weighted by Gasteiger charge is 2.11. The highest BCUT2D eigenvalue weighted by atomic mass is 16.5. The van der Waals surface area contributed by atoms with E-state index < -0.39 is 0 Å². The molecule has 0 unspecified atom stereocenters. The lowest BCUT2D eigenvalue weighted by atomic mass is 10.1. The number of ether oxygens (including phenoxy) is 1. The average molecular weight is 246 g/mol. The summed E-state index contributed by atoms with van der Waals surface area (Å²) in [6.45, 7) is 5.09. The Morgan fingerprint density at radius 1 is 1.39 bits per heavy atom. The Balaban J connectivity index is 2.35. The number of aromatic nitrogens is 3. The van der Waals surface area contributed by atoms with Gasteiger partial charge < -0.3 is 10.5 Å². The maximum Gasteiger partial charge on any atom is 0.128 e. The van der Waals surface area contributed by atoms with Gasteiger partial charge in [-0.3, -0.25) is 9.67 Å². The number of methoxy groups -OCH3 is 1. The molecule has 0 radical (unpaired) electrons. The van der Waals surface area contributed by atoms with Crippen LogP contribution >= 0.6 is 0 Å². The number of nitrogens with two attached hydrogens (primary N) is 1. The number of aryl methyl sites for hydroxylation is 1. The standard InChI is InChI=1S/C13H18N4O/c1-9-7-15-12(10(2)13(9)18-3)8-17-11(6-14)4-5-16-17/h4-5,7H,6,8,14H2,1-3H3. The van der Waals surface area contributed by atoms with Gasteiger partial charge in [0.2, 0.25) is 0 Å². The van der Waals surface area contributed by atoms with Crippen molar-refractivity contribution >= 4 is 0 Å². The molecule has 0 spiro atoms. The Kier molecular flexibility index (Phi) is 3.62. The lowest BCUT2D eigenvalue weighted by molar-refractivity contribution is 0.406. The van der Waals surface area contributed by atoms with Crippen LogP contribution in [0.2, 0.25) is 0 Å². The molecule has 0 aliphatic heterocycles. The molecule has 2 N–H and O–H groups in total. The fourth-order valence-corrected chi connectivity index (χ4v) is 2.05. The van der Waals surface area contributed by atoms with Gasteiger partial charge in [0, 0.05) is 30.1 Å². The van der Waals surface area contributed by atoms with Crippen molar-refractivity contribution in [2.75, 3.05) is 7.11 Å². The second-order valence-electron chi connectivity index (χ2n) is 4.23. The maximum atomic E-state index is 5.66. The summed E-state index contributed by atoms with van der Waals surface area (Å²) in [5.41, 5.74) is 9.70. The first-order valence-corrected chi connectivity index (χ1v) is 5.87. The van der Waals surface area contributed by atoms with Gasteiger partial charge in [-0.05, 0) is 19.9 Å². The predicted molar refractivity (Wildman–Crippen MR) is 69.5 cm³/mol. The Bertz CT molecular complexity index is 548. The topological polar surface area (TPSA) is 66.0 Å². The minimum Gasteiger partial charge on any atom is -0.496 e. The highest BCUT2D eigenvalue weighted by molar-refractivity contribution is 5.41. The van der Waals surface area contributed by atoms with Crippen molar-refractivity contribution in [1.29, 1.82) is 0 Å². The first kappa shape index (κ1) is 12.6. The van der Waals surface area contributed by atoms with Gasteiger partial charge in [-0.25, -0.2) is 0 Å². The Labute approximate surface area is 107 Å². The second-order valence-corrected chi connectivity index (χ2v) is 4.23. The van der Waals surface area contributed by atoms with Crippen LogP contribution in [0, 0.1) is 13.8 Å². The first-order valence-electron chi connectivity index (χ1n) is 5.87. The lowest BCUT2D eigenvalue weighted by Crippen LogP contribution is -2.12. The second kappa shape index (κ2) is 5.18. The molecule has 5 nitrogen and oxygen atoms in total. The third-order valence-corrected chi connectivity index (χ3v) is 3.06. The summed E-state index contributed by atoms with van der Waals surface area (Å²) in [7, 11) is 1.68. The molecule has 0 aromatic carbocycles. The first-order chi connectivity index (χ1) is 8.67. The molecule has 0 saturated carbocycles. The van der Waals surface area contributed by atoms with Crippen molar-refractivity contribution in [2.24, 2.45) is 5.73 Å². The van der Waals surface area contributed by atoms with Crippen LogP contribution in [0.15, 0.2) is 18.5 Å². The zero-order valence-corrected chi connectivity index (χ0v) is 11.0. The molecule has 0 bridgehead atoms. The lowest BCUT2D eigenvalue weighted by Gasteiger charge is -2.13. The van der Waals surface area contributed by atoms with Crippen LogP contribution in [0.1, 0.15) is 22.5 Å². The normalized spacial score (nSPS) is 10.7. The number of hydrogen-bond donors (Lipinski definition) is 1. The summed E-state index contributed by atoms with van der Waals surface area (Å²) >= 11 is 0. The molecule has 2 aromatic rings. The molecule has 2 rings (SSSR count). The molecule has 0 fully saturated rings. The molecular weight excluding hydrogens is 228 g/mol. The van der Waals surface area contributed by atoms with Crippen LogP contribution in [-0.4, -0.2) is 21.9 Å². The third-order valence-electron chi connectivity index (χ3n) is 3.06. The van der Waals surface area contributed by atoms with Gasteiger partial charge in [-0.2, -0.15) is 5.10 Å². The molecule has 0 aliphatic rings. The van der Waals surface area contributed by atoms with Crippen LogP contribution in [0.5, 0.6) is 5.75 Å². The molecule has 0 saturated heterocycles. The van der Waals surface area contributed by atoms with Gasteiger partial charge in [0.15, 0.2) is 0 Å². The SMILES string of the molecule is COc1c(C)cnc(Cn2nccc2CN)c1C. The summed E-state index contributed by atoms with van der Waals surface area (Å²) < 4.78 is 7.26. The molecule has 2 heterocycles. The van der Waals surface area contributed by atoms with Crippen LogP contribution < -0.4 is 10.5 Å². The maximum absolute atomic E-state index is 5.66. The Morgan fingerprint density at radius 2 is 2.17 bits per heavy atom. The van der Waals surface area contributed by atoms with Gasteiger partial charge in [0.25, 0.3) is 0 Å². The van der Waals surface area contributed by atoms with Crippen LogP contribution in [0.25, 0.3) is 0 Å². The van der Waals surface area contributed by atoms with Crippen molar-refractivity contribution in [3.63, 3.8) is 0 Å². The fourth-order valence-electron chi connectivity index (χ4n) is 2.05. The summed E-state index contributed by atoms with van der Waals surface area (Å²) in [5.74, 6) is 0.890. The smallest absolute Gasteiger partial charge is 0.128 e. The summed E-state index contributed by atoms with van der Waals surface area (Å²) in [6, 6.07) is 1.92. The minimum atomic E-state index is 0.474. The Morgan fingerprint density at radius 3 is 2.83 bits per heavy atom. The van der Waals surface area contributed by atoms with Crippen LogP contribution in [0.4, 0.5) is 0 Å². The number of pyridine rings is 1. The van der Waals surface area contributed by atoms with Gasteiger partial charge in [0.05, 0.1) is 25.0 Å². The largest absolute Gasteiger partial charge is 0.496 e. The van der Waals surface area contributed by atoms with Gasteiger partial charge >= 0.3 is 0 Å². The zero-order chi connectivity index (χ0) is 13.1. The minimum absolute atomic E-state index is 0.474. The molecule has 0 atom stereocenters. The van der Waals surface area contributed by atoms with E-state index in [1.807, 2.05) is 30.8 Å². The van der Waals surface area contributed by atoms with Crippen molar-refractivity contribution in [2.45, 2.75) is 26.9 Å². The van der Waals surface area contributed by atoms with E-state index in [0.717, 1.165) is 28.3 Å². The average Bonchev–Trinajstić information content (AvgIpc) is 2.81. The van der Waals surface area contributed by atoms with E-state index in [1.54, 1.807) is 13.3 Å². The van der Waals surface area contributed by atoms with E-state index in [4.69, 9.17) is 10.5 Å². The van der Waals surface area contributed by atoms with Gasteiger partial charge in [0.1, 0.15) is 5.75 Å². The summed E-state index contributed by atoms with van der Waals surface area (Å²) in [5, 5.41) is 4.26. The molecule has 0 amide bonds. The zero-order valence-electron chi connectivity index (χ0n) is 11.0. The van der Waals surface area contributed by atoms with Gasteiger partial charge in [-0.1, -0.05) is 0 Å². The van der Waals surface area contributed by atoms with E-state index in [1.165, 1.54) is 0 Å². The molecule has 5 heteroatoms. The fraction of sp³-hybridized carbons (Fsp3) is 0.385. The summed E-state index contributed by atoms with van der Waals surface area (Å²) in [6.07, 6.45) is 3.58. The van der Waals surface area contributed by atoms with E-state index in [2.05, 4.69) is 10.1 Å². The van der Waals surface area contributed by atoms with Crippen LogP contribution in [0.3, 0.4) is 0 Å². The van der Waals surface area contributed by atoms with E-state index in [0.29, 0.717) is 13.1 Å². The van der Waals surface area contributed by atoms with Crippen molar-refractivity contribution in [3.8, 4) is 5.75 Å².